The average molecular weight is 422 g/mol. The summed E-state index contributed by atoms with van der Waals surface area (Å²) in [6, 6.07) is 10.9. The van der Waals surface area contributed by atoms with Gasteiger partial charge in [-0.2, -0.15) is 0 Å². The van der Waals surface area contributed by atoms with Gasteiger partial charge >= 0.3 is 0 Å². The van der Waals surface area contributed by atoms with Crippen molar-refractivity contribution < 1.29 is 4.74 Å². The molecule has 0 saturated carbocycles. The van der Waals surface area contributed by atoms with Crippen molar-refractivity contribution in [2.75, 3.05) is 0 Å². The van der Waals surface area contributed by atoms with Gasteiger partial charge in [-0.1, -0.05) is 45.8 Å². The highest BCUT2D eigenvalue weighted by atomic mass is 79.9. The summed E-state index contributed by atoms with van der Waals surface area (Å²) < 4.78 is 7.45. The van der Waals surface area contributed by atoms with Gasteiger partial charge in [0.05, 0.1) is 10.6 Å². The van der Waals surface area contributed by atoms with Crippen LogP contribution in [0.15, 0.2) is 45.3 Å². The molecule has 2 N–H and O–H groups in total. The Bertz CT molecular complexity index is 649. The van der Waals surface area contributed by atoms with Crippen LogP contribution in [-0.4, -0.2) is 4.99 Å². The third-order valence-electron chi connectivity index (χ3n) is 2.34. The molecule has 2 aromatic carbocycles. The first-order valence-corrected chi connectivity index (χ1v) is 7.57. The van der Waals surface area contributed by atoms with Crippen LogP contribution in [0, 0.1) is 0 Å². The summed E-state index contributed by atoms with van der Waals surface area (Å²) in [7, 11) is 0. The Labute approximate surface area is 138 Å². The molecule has 0 amide bonds. The molecule has 0 radical (unpaired) electrons. The lowest BCUT2D eigenvalue weighted by Crippen LogP contribution is -2.11. The van der Waals surface area contributed by atoms with Gasteiger partial charge in [0.15, 0.2) is 0 Å². The first-order chi connectivity index (χ1) is 8.99. The number of benzene rings is 2. The van der Waals surface area contributed by atoms with E-state index in [9.17, 15) is 0 Å². The fourth-order valence-electron chi connectivity index (χ4n) is 1.50. The Morgan fingerprint density at radius 3 is 2.53 bits per heavy atom. The quantitative estimate of drug-likeness (QED) is 0.684. The maximum atomic E-state index is 6.12. The number of ether oxygens (including phenoxy) is 1. The van der Waals surface area contributed by atoms with E-state index in [2.05, 4.69) is 31.9 Å². The summed E-state index contributed by atoms with van der Waals surface area (Å²) in [5, 5.41) is 0.503. The van der Waals surface area contributed by atoms with Crippen LogP contribution in [0.2, 0.25) is 5.02 Å². The van der Waals surface area contributed by atoms with Crippen LogP contribution in [0.25, 0.3) is 0 Å². The Kier molecular flexibility index (Phi) is 4.84. The van der Waals surface area contributed by atoms with E-state index in [0.717, 1.165) is 8.95 Å². The maximum Gasteiger partial charge on any atom is 0.146 e. The van der Waals surface area contributed by atoms with Gasteiger partial charge in [0, 0.05) is 8.95 Å². The van der Waals surface area contributed by atoms with Crippen molar-refractivity contribution in [3.05, 3.63) is 55.9 Å². The zero-order valence-corrected chi connectivity index (χ0v) is 14.2. The highest BCUT2D eigenvalue weighted by molar-refractivity contribution is 9.10. The third kappa shape index (κ3) is 3.48. The Morgan fingerprint density at radius 1 is 1.16 bits per heavy atom. The van der Waals surface area contributed by atoms with E-state index < -0.39 is 0 Å². The van der Waals surface area contributed by atoms with Crippen LogP contribution in [0.3, 0.4) is 0 Å². The van der Waals surface area contributed by atoms with Crippen LogP contribution in [0.5, 0.6) is 11.5 Å². The third-order valence-corrected chi connectivity index (χ3v) is 3.99. The fourth-order valence-corrected chi connectivity index (χ4v) is 3.12. The van der Waals surface area contributed by atoms with E-state index in [0.29, 0.717) is 22.1 Å². The van der Waals surface area contributed by atoms with Gasteiger partial charge in [0.25, 0.3) is 0 Å². The predicted octanol–water partition coefficient (Wildman–Crippen LogP) is 5.29. The molecule has 0 aliphatic rings. The van der Waals surface area contributed by atoms with Crippen molar-refractivity contribution in [3.8, 4) is 11.5 Å². The molecule has 0 aliphatic heterocycles. The van der Waals surface area contributed by atoms with E-state index in [1.807, 2.05) is 18.2 Å². The van der Waals surface area contributed by atoms with E-state index in [1.54, 1.807) is 18.2 Å². The second-order valence-electron chi connectivity index (χ2n) is 3.65. The van der Waals surface area contributed by atoms with Gasteiger partial charge in [-0.15, -0.1) is 0 Å². The Morgan fingerprint density at radius 2 is 1.89 bits per heavy atom. The van der Waals surface area contributed by atoms with Gasteiger partial charge in [-0.3, -0.25) is 0 Å². The maximum absolute atomic E-state index is 6.12. The number of nitrogens with two attached hydrogens (primary N) is 1. The van der Waals surface area contributed by atoms with Crippen LogP contribution >= 0.6 is 55.7 Å². The van der Waals surface area contributed by atoms with Crippen LogP contribution < -0.4 is 10.5 Å². The summed E-state index contributed by atoms with van der Waals surface area (Å²) in [6.07, 6.45) is 0. The molecular weight excluding hydrogens is 413 g/mol. The van der Waals surface area contributed by atoms with E-state index in [1.165, 1.54) is 0 Å². The highest BCUT2D eigenvalue weighted by Crippen LogP contribution is 2.35. The Balaban J connectivity index is 2.44. The molecule has 0 aromatic heterocycles. The molecule has 0 saturated heterocycles. The van der Waals surface area contributed by atoms with Gasteiger partial charge < -0.3 is 10.5 Å². The molecule has 0 fully saturated rings. The molecular formula is C13H8Br2ClNOS. The summed E-state index contributed by atoms with van der Waals surface area (Å²) >= 11 is 17.9. The topological polar surface area (TPSA) is 35.2 Å². The van der Waals surface area contributed by atoms with Crippen molar-refractivity contribution in [1.82, 2.24) is 0 Å². The van der Waals surface area contributed by atoms with E-state index >= 15 is 0 Å². The number of halogens is 3. The van der Waals surface area contributed by atoms with Crippen LogP contribution in [0.1, 0.15) is 5.56 Å². The average Bonchev–Trinajstić information content (AvgIpc) is 2.32. The van der Waals surface area contributed by atoms with Crippen LogP contribution in [-0.2, 0) is 0 Å². The van der Waals surface area contributed by atoms with Crippen molar-refractivity contribution in [3.63, 3.8) is 0 Å². The summed E-state index contributed by atoms with van der Waals surface area (Å²) in [6.45, 7) is 0. The number of hydrogen-bond donors (Lipinski definition) is 1. The van der Waals surface area contributed by atoms with E-state index in [-0.39, 0.29) is 4.99 Å². The summed E-state index contributed by atoms with van der Waals surface area (Å²) in [4.78, 5) is 0.260. The minimum atomic E-state index is 0.260. The first kappa shape index (κ1) is 14.8. The number of hydrogen-bond acceptors (Lipinski definition) is 2. The molecule has 0 spiro atoms. The fraction of sp³-hybridized carbons (Fsp3) is 0. The molecule has 2 nitrogen and oxygen atoms in total. The molecule has 19 heavy (non-hydrogen) atoms. The van der Waals surface area contributed by atoms with Crippen molar-refractivity contribution in [1.29, 1.82) is 0 Å². The SMILES string of the molecule is NC(=S)c1c(Br)cccc1Oc1ccc(Br)cc1Cl. The number of thiocarbonyl (C=S) groups is 1. The first-order valence-electron chi connectivity index (χ1n) is 5.20. The lowest BCUT2D eigenvalue weighted by atomic mass is 10.2. The molecule has 0 unspecified atom stereocenters. The second kappa shape index (κ2) is 6.22. The zero-order chi connectivity index (χ0) is 14.0. The molecule has 2 aromatic rings. The largest absolute Gasteiger partial charge is 0.455 e. The molecule has 0 aliphatic carbocycles. The lowest BCUT2D eigenvalue weighted by Gasteiger charge is -2.12. The predicted molar refractivity (Wildman–Crippen MR) is 89.3 cm³/mol. The molecule has 0 atom stereocenters. The minimum absolute atomic E-state index is 0.260. The van der Waals surface area contributed by atoms with Crippen molar-refractivity contribution in [2.45, 2.75) is 0 Å². The van der Waals surface area contributed by atoms with Gasteiger partial charge in [-0.25, -0.2) is 0 Å². The standard InChI is InChI=1S/C13H8Br2ClNOS/c14-7-4-5-10(9(16)6-7)18-11-3-1-2-8(15)12(11)13(17)19/h1-6H,(H2,17,19). The summed E-state index contributed by atoms with van der Waals surface area (Å²) in [5.41, 5.74) is 6.36. The Hall–Kier alpha value is -0.620. The normalized spacial score (nSPS) is 10.3. The van der Waals surface area contributed by atoms with Gasteiger partial charge in [0.2, 0.25) is 0 Å². The zero-order valence-electron chi connectivity index (χ0n) is 9.49. The molecule has 0 heterocycles. The van der Waals surface area contributed by atoms with E-state index in [4.69, 9.17) is 34.3 Å². The van der Waals surface area contributed by atoms with Crippen molar-refractivity contribution in [2.24, 2.45) is 5.73 Å². The highest BCUT2D eigenvalue weighted by Gasteiger charge is 2.12. The van der Waals surface area contributed by atoms with Gasteiger partial charge in [0.1, 0.15) is 16.5 Å². The molecule has 2 rings (SSSR count). The second-order valence-corrected chi connectivity index (χ2v) is 6.27. The summed E-state index contributed by atoms with van der Waals surface area (Å²) in [5.74, 6) is 1.10. The van der Waals surface area contributed by atoms with Crippen molar-refractivity contribution >= 4 is 60.7 Å². The molecule has 6 heteroatoms. The minimum Gasteiger partial charge on any atom is -0.455 e. The lowest BCUT2D eigenvalue weighted by molar-refractivity contribution is 0.481. The smallest absolute Gasteiger partial charge is 0.146 e. The van der Waals surface area contributed by atoms with Gasteiger partial charge in [-0.05, 0) is 46.3 Å². The molecule has 0 bridgehead atoms. The van der Waals surface area contributed by atoms with Crippen LogP contribution in [0.4, 0.5) is 0 Å². The number of rotatable bonds is 3. The monoisotopic (exact) mass is 419 g/mol. The molecule has 98 valence electrons.